The van der Waals surface area contributed by atoms with Crippen LogP contribution in [0.4, 0.5) is 8.78 Å². The Bertz CT molecular complexity index is 1580. The van der Waals surface area contributed by atoms with Gasteiger partial charge in [-0.3, -0.25) is 19.6 Å². The molecule has 0 saturated carbocycles. The number of aliphatic imine (C=N–C) groups is 1. The second-order valence-corrected chi connectivity index (χ2v) is 9.98. The molecule has 5 rings (SSSR count). The highest BCUT2D eigenvalue weighted by atomic mass is 35.5. The first-order chi connectivity index (χ1) is 18.6. The van der Waals surface area contributed by atoms with E-state index in [9.17, 15) is 18.4 Å². The van der Waals surface area contributed by atoms with Gasteiger partial charge < -0.3 is 14.2 Å². The van der Waals surface area contributed by atoms with Crippen molar-refractivity contribution in [1.82, 2.24) is 24.4 Å². The van der Waals surface area contributed by atoms with Crippen molar-refractivity contribution in [3.05, 3.63) is 92.3 Å². The summed E-state index contributed by atoms with van der Waals surface area (Å²) >= 11 is 6.40. The third-order valence-corrected chi connectivity index (χ3v) is 7.25. The standard InChI is InChI=1S/C27H25ClF2N6O3/c1-14-9-32-21(20-4-5-31-26(34-20)17-11-35(12-17)16(3)37)8-23(14)36-15(2)6-24(25(28)27(36)38)39-13-22-19(30)7-18(29)10-33-22/h4-7,9-10,17,23H,8,11-13H2,1-3H3. The average Bonchev–Trinajstić information content (AvgIpc) is 2.86. The molecular formula is C27H25ClF2N6O3. The topological polar surface area (TPSA) is 103 Å². The fourth-order valence-electron chi connectivity index (χ4n) is 4.64. The highest BCUT2D eigenvalue weighted by Crippen LogP contribution is 2.31. The van der Waals surface area contributed by atoms with Crippen LogP contribution in [-0.4, -0.2) is 49.1 Å². The maximum atomic E-state index is 14.0. The molecule has 0 aromatic carbocycles. The van der Waals surface area contributed by atoms with Crippen molar-refractivity contribution in [2.75, 3.05) is 13.1 Å². The van der Waals surface area contributed by atoms with E-state index in [-0.39, 0.29) is 40.9 Å². The van der Waals surface area contributed by atoms with Crippen molar-refractivity contribution in [3.8, 4) is 5.75 Å². The van der Waals surface area contributed by atoms with Crippen LogP contribution in [0.2, 0.25) is 5.02 Å². The van der Waals surface area contributed by atoms with Gasteiger partial charge in [-0.25, -0.2) is 18.7 Å². The average molecular weight is 555 g/mol. The number of halogens is 3. The first-order valence-corrected chi connectivity index (χ1v) is 12.7. The van der Waals surface area contributed by atoms with Crippen molar-refractivity contribution in [3.63, 3.8) is 0 Å². The number of ether oxygens (including phenoxy) is 1. The Labute approximate surface area is 227 Å². The first-order valence-electron chi connectivity index (χ1n) is 12.3. The minimum absolute atomic E-state index is 0.0256. The SMILES string of the molecule is CC(=O)N1CC(c2nccc(C3=NC=C(C)C(n4c(C)cc(OCc5ncc(F)cc5F)c(Cl)c4=O)C3)n2)C1. The van der Waals surface area contributed by atoms with Crippen LogP contribution in [0.1, 0.15) is 55.1 Å². The van der Waals surface area contributed by atoms with Gasteiger partial charge in [0.15, 0.2) is 5.82 Å². The number of aromatic nitrogens is 4. The van der Waals surface area contributed by atoms with E-state index in [0.717, 1.165) is 11.8 Å². The van der Waals surface area contributed by atoms with Gasteiger partial charge in [-0.15, -0.1) is 0 Å². The molecule has 1 amide bonds. The first kappa shape index (κ1) is 26.6. The Balaban J connectivity index is 1.37. The highest BCUT2D eigenvalue weighted by Gasteiger charge is 2.32. The van der Waals surface area contributed by atoms with Gasteiger partial charge in [0.2, 0.25) is 5.91 Å². The largest absolute Gasteiger partial charge is 0.485 e. The Hall–Kier alpha value is -3.99. The molecule has 0 radical (unpaired) electrons. The van der Waals surface area contributed by atoms with Crippen LogP contribution in [0.5, 0.6) is 5.75 Å². The lowest BCUT2D eigenvalue weighted by molar-refractivity contribution is -0.133. The number of amides is 1. The zero-order chi connectivity index (χ0) is 27.8. The van der Waals surface area contributed by atoms with Gasteiger partial charge in [0.25, 0.3) is 5.56 Å². The zero-order valence-electron chi connectivity index (χ0n) is 21.5. The van der Waals surface area contributed by atoms with E-state index < -0.39 is 17.2 Å². The molecule has 3 aromatic rings. The highest BCUT2D eigenvalue weighted by molar-refractivity contribution is 6.31. The van der Waals surface area contributed by atoms with Gasteiger partial charge in [-0.2, -0.15) is 0 Å². The summed E-state index contributed by atoms with van der Waals surface area (Å²) in [5.74, 6) is -0.827. The van der Waals surface area contributed by atoms with E-state index in [1.807, 2.05) is 6.92 Å². The minimum Gasteiger partial charge on any atom is -0.485 e. The van der Waals surface area contributed by atoms with Gasteiger partial charge in [0.05, 0.1) is 29.6 Å². The molecule has 0 N–H and O–H groups in total. The number of nitrogens with zero attached hydrogens (tertiary/aromatic N) is 6. The number of allylic oxidation sites excluding steroid dienone is 1. The Kier molecular flexibility index (Phi) is 7.26. The lowest BCUT2D eigenvalue weighted by atomic mass is 9.96. The molecule has 0 spiro atoms. The smallest absolute Gasteiger partial charge is 0.273 e. The van der Waals surface area contributed by atoms with E-state index in [4.69, 9.17) is 21.3 Å². The molecule has 2 aliphatic heterocycles. The van der Waals surface area contributed by atoms with Crippen molar-refractivity contribution in [1.29, 1.82) is 0 Å². The van der Waals surface area contributed by atoms with Crippen molar-refractivity contribution >= 4 is 23.2 Å². The molecule has 0 bridgehead atoms. The summed E-state index contributed by atoms with van der Waals surface area (Å²) in [6.07, 6.45) is 4.66. The summed E-state index contributed by atoms with van der Waals surface area (Å²) in [7, 11) is 0. The van der Waals surface area contributed by atoms with Crippen molar-refractivity contribution < 1.29 is 18.3 Å². The molecule has 1 fully saturated rings. The molecule has 2 aliphatic rings. The molecule has 12 heteroatoms. The van der Waals surface area contributed by atoms with Crippen LogP contribution >= 0.6 is 11.6 Å². The summed E-state index contributed by atoms with van der Waals surface area (Å²) in [4.78, 5) is 44.0. The normalized spacial score (nSPS) is 17.4. The van der Waals surface area contributed by atoms with Crippen LogP contribution in [0, 0.1) is 18.6 Å². The van der Waals surface area contributed by atoms with Crippen LogP contribution in [0.15, 0.2) is 52.2 Å². The minimum atomic E-state index is -0.854. The Morgan fingerprint density at radius 1 is 1.21 bits per heavy atom. The van der Waals surface area contributed by atoms with Crippen LogP contribution in [0.3, 0.4) is 0 Å². The van der Waals surface area contributed by atoms with Crippen molar-refractivity contribution in [2.45, 2.75) is 45.8 Å². The van der Waals surface area contributed by atoms with Gasteiger partial charge >= 0.3 is 0 Å². The van der Waals surface area contributed by atoms with Gasteiger partial charge in [0.1, 0.15) is 34.7 Å². The summed E-state index contributed by atoms with van der Waals surface area (Å²) in [6.45, 7) is 6.01. The molecule has 5 heterocycles. The molecule has 0 aliphatic carbocycles. The summed E-state index contributed by atoms with van der Waals surface area (Å²) in [5, 5.41) is -0.163. The van der Waals surface area contributed by atoms with E-state index in [2.05, 4.69) is 15.0 Å². The summed E-state index contributed by atoms with van der Waals surface area (Å²) in [5.41, 5.74) is 2.20. The number of hydrogen-bond donors (Lipinski definition) is 0. The second kappa shape index (κ2) is 10.6. The molecule has 9 nitrogen and oxygen atoms in total. The third kappa shape index (κ3) is 5.31. The third-order valence-electron chi connectivity index (χ3n) is 6.90. The maximum absolute atomic E-state index is 14.0. The quantitative estimate of drug-likeness (QED) is 0.454. The number of likely N-dealkylation sites (tertiary alicyclic amines) is 1. The maximum Gasteiger partial charge on any atom is 0.273 e. The monoisotopic (exact) mass is 554 g/mol. The summed E-state index contributed by atoms with van der Waals surface area (Å²) < 4.78 is 34.3. The lowest BCUT2D eigenvalue weighted by Gasteiger charge is -2.37. The predicted molar refractivity (Wildman–Crippen MR) is 140 cm³/mol. The van der Waals surface area contributed by atoms with Gasteiger partial charge in [0, 0.05) is 56.7 Å². The summed E-state index contributed by atoms with van der Waals surface area (Å²) in [6, 6.07) is 3.71. The van der Waals surface area contributed by atoms with Gasteiger partial charge in [-0.05, 0) is 25.5 Å². The second-order valence-electron chi connectivity index (χ2n) is 9.60. The van der Waals surface area contributed by atoms with Crippen LogP contribution < -0.4 is 10.3 Å². The van der Waals surface area contributed by atoms with E-state index in [1.165, 1.54) is 6.92 Å². The zero-order valence-corrected chi connectivity index (χ0v) is 22.2. The predicted octanol–water partition coefficient (Wildman–Crippen LogP) is 4.14. The molecule has 1 atom stereocenters. The fraction of sp³-hybridized carbons (Fsp3) is 0.333. The molecular weight excluding hydrogens is 530 g/mol. The Morgan fingerprint density at radius 3 is 2.69 bits per heavy atom. The number of carbonyl (C=O) groups is 1. The number of carbonyl (C=O) groups excluding carboxylic acids is 1. The molecule has 1 saturated heterocycles. The number of pyridine rings is 2. The van der Waals surface area contributed by atoms with Crippen LogP contribution in [0.25, 0.3) is 0 Å². The number of aryl methyl sites for hydroxylation is 1. The van der Waals surface area contributed by atoms with Crippen molar-refractivity contribution in [2.24, 2.45) is 4.99 Å². The molecule has 39 heavy (non-hydrogen) atoms. The Morgan fingerprint density at radius 2 is 1.97 bits per heavy atom. The van der Waals surface area contributed by atoms with E-state index >= 15 is 0 Å². The number of hydrogen-bond acceptors (Lipinski definition) is 7. The lowest BCUT2D eigenvalue weighted by Crippen LogP contribution is -2.48. The fourth-order valence-corrected chi connectivity index (χ4v) is 4.84. The molecule has 202 valence electrons. The molecule has 3 aromatic heterocycles. The van der Waals surface area contributed by atoms with Crippen LogP contribution in [-0.2, 0) is 11.4 Å². The van der Waals surface area contributed by atoms with Gasteiger partial charge in [-0.1, -0.05) is 11.6 Å². The molecule has 1 unspecified atom stereocenters. The van der Waals surface area contributed by atoms with E-state index in [0.29, 0.717) is 48.5 Å². The number of rotatable bonds is 6. The van der Waals surface area contributed by atoms with E-state index in [1.54, 1.807) is 40.9 Å².